The topological polar surface area (TPSA) is 96.6 Å². The van der Waals surface area contributed by atoms with Gasteiger partial charge in [0.25, 0.3) is 0 Å². The van der Waals surface area contributed by atoms with Gasteiger partial charge >= 0.3 is 5.97 Å². The number of aromatic amines is 2. The first-order valence-corrected chi connectivity index (χ1v) is 5.10. The van der Waals surface area contributed by atoms with E-state index in [0.29, 0.717) is 11.4 Å². The molecule has 0 amide bonds. The molecule has 0 spiro atoms. The summed E-state index contributed by atoms with van der Waals surface area (Å²) in [5, 5.41) is 10.1. The average molecular weight is 235 g/mol. The van der Waals surface area contributed by atoms with E-state index in [-0.39, 0.29) is 5.69 Å². The zero-order valence-electron chi connectivity index (χ0n) is 9.81. The lowest BCUT2D eigenvalue weighted by atomic mass is 10.2. The monoisotopic (exact) mass is 235 g/mol. The fourth-order valence-electron chi connectivity index (χ4n) is 1.27. The fourth-order valence-corrected chi connectivity index (χ4v) is 1.27. The minimum atomic E-state index is -0.568. The van der Waals surface area contributed by atoms with Gasteiger partial charge in [0.2, 0.25) is 0 Å². The minimum absolute atomic E-state index is 0.143. The fraction of sp³-hybridized carbons (Fsp3) is 0.400. The minimum Gasteiger partial charge on any atom is -0.455 e. The lowest BCUT2D eigenvalue weighted by molar-refractivity contribution is 0.00637. The van der Waals surface area contributed by atoms with Gasteiger partial charge in [-0.15, -0.1) is 5.10 Å². The summed E-state index contributed by atoms with van der Waals surface area (Å²) in [5.74, 6) is -0.518. The van der Waals surface area contributed by atoms with Gasteiger partial charge < -0.3 is 9.72 Å². The van der Waals surface area contributed by atoms with Gasteiger partial charge in [-0.05, 0) is 20.8 Å². The van der Waals surface area contributed by atoms with Crippen LogP contribution < -0.4 is 0 Å². The van der Waals surface area contributed by atoms with Gasteiger partial charge in [0.15, 0.2) is 5.69 Å². The summed E-state index contributed by atoms with van der Waals surface area (Å²) < 4.78 is 5.23. The van der Waals surface area contributed by atoms with E-state index in [1.54, 1.807) is 27.0 Å². The summed E-state index contributed by atoms with van der Waals surface area (Å²) in [4.78, 5) is 18.6. The number of H-pyrrole nitrogens is 2. The maximum Gasteiger partial charge on any atom is 0.361 e. The summed E-state index contributed by atoms with van der Waals surface area (Å²) in [6, 6.07) is 0. The first-order valence-electron chi connectivity index (χ1n) is 5.10. The highest BCUT2D eigenvalue weighted by atomic mass is 16.6. The van der Waals surface area contributed by atoms with Gasteiger partial charge in [0.1, 0.15) is 11.3 Å². The molecule has 7 heteroatoms. The molecule has 90 valence electrons. The highest BCUT2D eigenvalue weighted by molar-refractivity contribution is 5.93. The van der Waals surface area contributed by atoms with Crippen molar-refractivity contribution in [1.82, 2.24) is 25.4 Å². The Bertz CT molecular complexity index is 509. The molecule has 2 heterocycles. The molecule has 0 aromatic carbocycles. The largest absolute Gasteiger partial charge is 0.455 e. The summed E-state index contributed by atoms with van der Waals surface area (Å²) in [6.45, 7) is 5.38. The Kier molecular flexibility index (Phi) is 2.66. The Labute approximate surface area is 97.6 Å². The van der Waals surface area contributed by atoms with E-state index in [1.165, 1.54) is 6.33 Å². The number of carbonyl (C=O) groups is 1. The Morgan fingerprint density at radius 3 is 2.71 bits per heavy atom. The Morgan fingerprint density at radius 2 is 2.12 bits per heavy atom. The molecule has 0 atom stereocenters. The zero-order valence-corrected chi connectivity index (χ0v) is 9.81. The number of hydrogen-bond donors (Lipinski definition) is 2. The van der Waals surface area contributed by atoms with Crippen LogP contribution in [0.3, 0.4) is 0 Å². The average Bonchev–Trinajstić information content (AvgIpc) is 2.85. The number of nitrogens with one attached hydrogen (secondary N) is 2. The van der Waals surface area contributed by atoms with E-state index < -0.39 is 11.6 Å². The molecule has 7 nitrogen and oxygen atoms in total. The van der Waals surface area contributed by atoms with Gasteiger partial charge in [-0.1, -0.05) is 0 Å². The number of hydrogen-bond acceptors (Lipinski definition) is 5. The lowest BCUT2D eigenvalue weighted by Crippen LogP contribution is -2.24. The molecule has 0 saturated carbocycles. The van der Waals surface area contributed by atoms with E-state index in [0.717, 1.165) is 0 Å². The maximum atomic E-state index is 11.9. The first kappa shape index (κ1) is 11.3. The standard InChI is InChI=1S/C10H13N5O2/c1-10(2,3)17-9(16)8-7(13-15-14-8)6-4-11-5-12-6/h4-5H,1-3H3,(H,11,12)(H,13,14,15). The Balaban J connectivity index is 2.29. The highest BCUT2D eigenvalue weighted by Crippen LogP contribution is 2.19. The molecule has 2 N–H and O–H groups in total. The van der Waals surface area contributed by atoms with Crippen molar-refractivity contribution in [3.63, 3.8) is 0 Å². The van der Waals surface area contributed by atoms with Crippen molar-refractivity contribution >= 4 is 5.97 Å². The Hall–Kier alpha value is -2.18. The molecule has 0 aliphatic heterocycles. The smallest absolute Gasteiger partial charge is 0.361 e. The van der Waals surface area contributed by atoms with Gasteiger partial charge in [-0.25, -0.2) is 9.78 Å². The lowest BCUT2D eigenvalue weighted by Gasteiger charge is -2.18. The normalized spacial score (nSPS) is 11.5. The third kappa shape index (κ3) is 2.49. The quantitative estimate of drug-likeness (QED) is 0.761. The molecular formula is C10H13N5O2. The van der Waals surface area contributed by atoms with Crippen LogP contribution in [0.1, 0.15) is 31.3 Å². The molecule has 0 aliphatic carbocycles. The van der Waals surface area contributed by atoms with Crippen LogP contribution in [0.15, 0.2) is 12.5 Å². The molecule has 17 heavy (non-hydrogen) atoms. The molecule has 0 fully saturated rings. The summed E-state index contributed by atoms with van der Waals surface area (Å²) in [7, 11) is 0. The van der Waals surface area contributed by atoms with Gasteiger partial charge in [-0.3, -0.25) is 0 Å². The second kappa shape index (κ2) is 4.00. The van der Waals surface area contributed by atoms with Gasteiger partial charge in [0.05, 0.1) is 18.2 Å². The molecule has 2 aromatic heterocycles. The Morgan fingerprint density at radius 1 is 1.35 bits per heavy atom. The van der Waals surface area contributed by atoms with Crippen molar-refractivity contribution in [3.05, 3.63) is 18.2 Å². The van der Waals surface area contributed by atoms with Gasteiger partial charge in [0, 0.05) is 0 Å². The van der Waals surface area contributed by atoms with Crippen molar-refractivity contribution in [2.45, 2.75) is 26.4 Å². The first-order chi connectivity index (χ1) is 7.97. The van der Waals surface area contributed by atoms with Crippen molar-refractivity contribution in [2.75, 3.05) is 0 Å². The zero-order chi connectivity index (χ0) is 12.5. The number of ether oxygens (including phenoxy) is 1. The SMILES string of the molecule is CC(C)(C)OC(=O)c1n[nH]nc1-c1cnc[nH]1. The van der Waals surface area contributed by atoms with E-state index in [1.807, 2.05) is 0 Å². The van der Waals surface area contributed by atoms with Crippen LogP contribution in [0, 0.1) is 0 Å². The summed E-state index contributed by atoms with van der Waals surface area (Å²) in [5.41, 5.74) is 0.585. The second-order valence-corrected chi connectivity index (χ2v) is 4.49. The third-order valence-corrected chi connectivity index (χ3v) is 1.89. The van der Waals surface area contributed by atoms with Crippen molar-refractivity contribution < 1.29 is 9.53 Å². The van der Waals surface area contributed by atoms with Crippen molar-refractivity contribution in [1.29, 1.82) is 0 Å². The van der Waals surface area contributed by atoms with E-state index in [4.69, 9.17) is 4.74 Å². The van der Waals surface area contributed by atoms with Crippen LogP contribution in [0.25, 0.3) is 11.4 Å². The van der Waals surface area contributed by atoms with E-state index in [2.05, 4.69) is 25.4 Å². The van der Waals surface area contributed by atoms with E-state index in [9.17, 15) is 4.79 Å². The maximum absolute atomic E-state index is 11.9. The van der Waals surface area contributed by atoms with Crippen LogP contribution in [-0.4, -0.2) is 36.9 Å². The molecular weight excluding hydrogens is 222 g/mol. The third-order valence-electron chi connectivity index (χ3n) is 1.89. The number of esters is 1. The second-order valence-electron chi connectivity index (χ2n) is 4.49. The number of aromatic nitrogens is 5. The molecule has 0 aliphatic rings. The van der Waals surface area contributed by atoms with Crippen LogP contribution in [-0.2, 0) is 4.74 Å². The molecule has 2 rings (SSSR count). The summed E-state index contributed by atoms with van der Waals surface area (Å²) >= 11 is 0. The molecule has 0 radical (unpaired) electrons. The predicted molar refractivity (Wildman–Crippen MR) is 59.1 cm³/mol. The van der Waals surface area contributed by atoms with Crippen LogP contribution in [0.4, 0.5) is 0 Å². The van der Waals surface area contributed by atoms with Crippen molar-refractivity contribution in [2.24, 2.45) is 0 Å². The van der Waals surface area contributed by atoms with Crippen molar-refractivity contribution in [3.8, 4) is 11.4 Å². The number of rotatable bonds is 2. The summed E-state index contributed by atoms with van der Waals surface area (Å²) in [6.07, 6.45) is 3.06. The van der Waals surface area contributed by atoms with E-state index >= 15 is 0 Å². The molecule has 0 bridgehead atoms. The number of imidazole rings is 1. The number of nitrogens with zero attached hydrogens (tertiary/aromatic N) is 3. The molecule has 0 unspecified atom stereocenters. The van der Waals surface area contributed by atoms with Gasteiger partial charge in [-0.2, -0.15) is 10.3 Å². The van der Waals surface area contributed by atoms with Crippen LogP contribution in [0.5, 0.6) is 0 Å². The number of carbonyl (C=O) groups excluding carboxylic acids is 1. The predicted octanol–water partition coefficient (Wildman–Crippen LogP) is 1.15. The molecule has 2 aromatic rings. The highest BCUT2D eigenvalue weighted by Gasteiger charge is 2.24. The van der Waals surface area contributed by atoms with Crippen LogP contribution >= 0.6 is 0 Å². The molecule has 0 saturated heterocycles. The van der Waals surface area contributed by atoms with Crippen LogP contribution in [0.2, 0.25) is 0 Å².